The van der Waals surface area contributed by atoms with Crippen LogP contribution < -0.4 is 4.74 Å². The van der Waals surface area contributed by atoms with E-state index in [1.165, 1.54) is 13.0 Å². The van der Waals surface area contributed by atoms with E-state index in [2.05, 4.69) is 0 Å². The molecule has 0 atom stereocenters. The third-order valence-electron chi connectivity index (χ3n) is 2.73. The van der Waals surface area contributed by atoms with Crippen molar-refractivity contribution in [3.63, 3.8) is 0 Å². The number of aryl methyl sites for hydroxylation is 1. The molecule has 0 spiro atoms. The zero-order chi connectivity index (χ0) is 13.8. The third-order valence-corrected chi connectivity index (χ3v) is 2.73. The maximum absolute atomic E-state index is 13.5. The highest BCUT2D eigenvalue weighted by atomic mass is 19.1. The van der Waals surface area contributed by atoms with Crippen molar-refractivity contribution in [3.05, 3.63) is 65.0 Å². The van der Waals surface area contributed by atoms with Crippen LogP contribution in [0.2, 0.25) is 0 Å². The summed E-state index contributed by atoms with van der Waals surface area (Å²) in [6.07, 6.45) is 0. The second-order valence-corrected chi connectivity index (χ2v) is 4.18. The SMILES string of the molecule is Cc1cc(C(=O)O)c(OCc2ccccc2)cc1F. The monoisotopic (exact) mass is 260 g/mol. The predicted molar refractivity (Wildman–Crippen MR) is 68.9 cm³/mol. The normalized spacial score (nSPS) is 10.2. The molecular weight excluding hydrogens is 247 g/mol. The van der Waals surface area contributed by atoms with Crippen molar-refractivity contribution in [2.45, 2.75) is 13.5 Å². The van der Waals surface area contributed by atoms with Gasteiger partial charge in [0.1, 0.15) is 23.7 Å². The van der Waals surface area contributed by atoms with Crippen molar-refractivity contribution < 1.29 is 19.0 Å². The summed E-state index contributed by atoms with van der Waals surface area (Å²) in [7, 11) is 0. The first-order chi connectivity index (χ1) is 9.08. The number of benzene rings is 2. The van der Waals surface area contributed by atoms with Gasteiger partial charge in [-0.1, -0.05) is 30.3 Å². The lowest BCUT2D eigenvalue weighted by atomic mass is 10.1. The molecule has 0 amide bonds. The van der Waals surface area contributed by atoms with Crippen molar-refractivity contribution in [2.75, 3.05) is 0 Å². The molecule has 98 valence electrons. The predicted octanol–water partition coefficient (Wildman–Crippen LogP) is 3.41. The van der Waals surface area contributed by atoms with E-state index in [1.54, 1.807) is 0 Å². The Bertz CT molecular complexity index is 594. The lowest BCUT2D eigenvalue weighted by Gasteiger charge is -2.10. The molecule has 2 aromatic rings. The van der Waals surface area contributed by atoms with E-state index in [4.69, 9.17) is 9.84 Å². The van der Waals surface area contributed by atoms with Crippen LogP contribution in [0, 0.1) is 12.7 Å². The number of hydrogen-bond donors (Lipinski definition) is 1. The molecular formula is C15H13FO3. The molecule has 0 bridgehead atoms. The first kappa shape index (κ1) is 13.1. The van der Waals surface area contributed by atoms with Gasteiger partial charge in [0.05, 0.1) is 0 Å². The van der Waals surface area contributed by atoms with Gasteiger partial charge in [-0.3, -0.25) is 0 Å². The molecule has 0 saturated carbocycles. The van der Waals surface area contributed by atoms with Gasteiger partial charge in [0, 0.05) is 6.07 Å². The quantitative estimate of drug-likeness (QED) is 0.916. The van der Waals surface area contributed by atoms with Gasteiger partial charge in [-0.2, -0.15) is 0 Å². The first-order valence-electron chi connectivity index (χ1n) is 5.78. The van der Waals surface area contributed by atoms with Crippen LogP contribution in [0.1, 0.15) is 21.5 Å². The average Bonchev–Trinajstić information content (AvgIpc) is 2.40. The third kappa shape index (κ3) is 3.10. The Labute approximate surface area is 110 Å². The van der Waals surface area contributed by atoms with E-state index in [-0.39, 0.29) is 23.5 Å². The maximum Gasteiger partial charge on any atom is 0.339 e. The van der Waals surface area contributed by atoms with Crippen LogP contribution in [-0.2, 0) is 6.61 Å². The van der Waals surface area contributed by atoms with Gasteiger partial charge in [0.2, 0.25) is 0 Å². The Morgan fingerprint density at radius 2 is 1.95 bits per heavy atom. The molecule has 19 heavy (non-hydrogen) atoms. The fraction of sp³-hybridized carbons (Fsp3) is 0.133. The van der Waals surface area contributed by atoms with Gasteiger partial charge >= 0.3 is 5.97 Å². The largest absolute Gasteiger partial charge is 0.488 e. The molecule has 3 nitrogen and oxygen atoms in total. The molecule has 2 rings (SSSR count). The number of carboxylic acids is 1. The summed E-state index contributed by atoms with van der Waals surface area (Å²) in [6.45, 7) is 1.71. The maximum atomic E-state index is 13.5. The summed E-state index contributed by atoms with van der Waals surface area (Å²) in [5.41, 5.74) is 1.14. The van der Waals surface area contributed by atoms with Crippen LogP contribution in [0.3, 0.4) is 0 Å². The molecule has 0 heterocycles. The fourth-order valence-electron chi connectivity index (χ4n) is 1.69. The van der Waals surface area contributed by atoms with E-state index < -0.39 is 11.8 Å². The number of carbonyl (C=O) groups is 1. The van der Waals surface area contributed by atoms with Gasteiger partial charge in [-0.25, -0.2) is 9.18 Å². The minimum absolute atomic E-state index is 0.0326. The van der Waals surface area contributed by atoms with Crippen LogP contribution >= 0.6 is 0 Å². The van der Waals surface area contributed by atoms with Gasteiger partial charge in [-0.15, -0.1) is 0 Å². The fourth-order valence-corrected chi connectivity index (χ4v) is 1.69. The Kier molecular flexibility index (Phi) is 3.80. The highest BCUT2D eigenvalue weighted by Gasteiger charge is 2.14. The Balaban J connectivity index is 2.24. The Morgan fingerprint density at radius 3 is 2.58 bits per heavy atom. The van der Waals surface area contributed by atoms with E-state index in [9.17, 15) is 9.18 Å². The molecule has 0 fully saturated rings. The van der Waals surface area contributed by atoms with E-state index in [1.807, 2.05) is 30.3 Å². The first-order valence-corrected chi connectivity index (χ1v) is 5.78. The molecule has 0 saturated heterocycles. The van der Waals surface area contributed by atoms with Crippen LogP contribution in [0.5, 0.6) is 5.75 Å². The van der Waals surface area contributed by atoms with Crippen molar-refractivity contribution >= 4 is 5.97 Å². The molecule has 2 aromatic carbocycles. The number of carboxylic acid groups (broad SMARTS) is 1. The smallest absolute Gasteiger partial charge is 0.339 e. The highest BCUT2D eigenvalue weighted by Crippen LogP contribution is 2.23. The van der Waals surface area contributed by atoms with Crippen molar-refractivity contribution in [1.29, 1.82) is 0 Å². The average molecular weight is 260 g/mol. The Morgan fingerprint density at radius 1 is 1.26 bits per heavy atom. The number of hydrogen-bond acceptors (Lipinski definition) is 2. The van der Waals surface area contributed by atoms with Crippen LogP contribution in [0.25, 0.3) is 0 Å². The summed E-state index contributed by atoms with van der Waals surface area (Å²) in [5, 5.41) is 9.08. The van der Waals surface area contributed by atoms with Gasteiger partial charge in [-0.05, 0) is 24.1 Å². The van der Waals surface area contributed by atoms with Gasteiger partial charge in [0.25, 0.3) is 0 Å². The molecule has 0 aliphatic heterocycles. The molecule has 0 aromatic heterocycles. The second kappa shape index (κ2) is 5.52. The van der Waals surface area contributed by atoms with E-state index in [0.29, 0.717) is 0 Å². The molecule has 0 aliphatic carbocycles. The zero-order valence-electron chi connectivity index (χ0n) is 10.4. The van der Waals surface area contributed by atoms with E-state index >= 15 is 0 Å². The molecule has 1 N–H and O–H groups in total. The second-order valence-electron chi connectivity index (χ2n) is 4.18. The van der Waals surface area contributed by atoms with E-state index in [0.717, 1.165) is 11.6 Å². The van der Waals surface area contributed by atoms with Gasteiger partial charge < -0.3 is 9.84 Å². The molecule has 0 radical (unpaired) electrons. The highest BCUT2D eigenvalue weighted by molar-refractivity contribution is 5.91. The Hall–Kier alpha value is -2.36. The summed E-state index contributed by atoms with van der Waals surface area (Å²) >= 11 is 0. The molecule has 0 aliphatic rings. The van der Waals surface area contributed by atoms with Crippen LogP contribution in [-0.4, -0.2) is 11.1 Å². The summed E-state index contributed by atoms with van der Waals surface area (Å²) in [5.74, 6) is -1.57. The molecule has 4 heteroatoms. The van der Waals surface area contributed by atoms with Gasteiger partial charge in [0.15, 0.2) is 0 Å². The minimum atomic E-state index is -1.13. The van der Waals surface area contributed by atoms with Crippen molar-refractivity contribution in [3.8, 4) is 5.75 Å². The topological polar surface area (TPSA) is 46.5 Å². The molecule has 0 unspecified atom stereocenters. The lowest BCUT2D eigenvalue weighted by Crippen LogP contribution is -2.05. The van der Waals surface area contributed by atoms with Crippen molar-refractivity contribution in [2.24, 2.45) is 0 Å². The van der Waals surface area contributed by atoms with Crippen molar-refractivity contribution in [1.82, 2.24) is 0 Å². The number of rotatable bonds is 4. The summed E-state index contributed by atoms with van der Waals surface area (Å²) in [6, 6.07) is 11.7. The van der Waals surface area contributed by atoms with Crippen LogP contribution in [0.4, 0.5) is 4.39 Å². The lowest BCUT2D eigenvalue weighted by molar-refractivity contribution is 0.0691. The summed E-state index contributed by atoms with van der Waals surface area (Å²) in [4.78, 5) is 11.1. The zero-order valence-corrected chi connectivity index (χ0v) is 10.4. The standard InChI is InChI=1S/C15H13FO3/c1-10-7-12(15(17)18)14(8-13(10)16)19-9-11-5-3-2-4-6-11/h2-8H,9H2,1H3,(H,17,18). The summed E-state index contributed by atoms with van der Waals surface area (Å²) < 4.78 is 18.9. The minimum Gasteiger partial charge on any atom is -0.488 e. The number of halogens is 1. The number of ether oxygens (including phenoxy) is 1. The number of aromatic carboxylic acids is 1. The van der Waals surface area contributed by atoms with Crippen LogP contribution in [0.15, 0.2) is 42.5 Å².